The first-order valence-corrected chi connectivity index (χ1v) is 4.42. The normalized spacial score (nSPS) is 11.7. The fraction of sp³-hybridized carbons (Fsp3) is 0.250. The second-order valence-corrected chi connectivity index (χ2v) is 3.37. The zero-order valence-corrected chi connectivity index (χ0v) is 7.25. The zero-order valence-electron chi connectivity index (χ0n) is 6.44. The minimum absolute atomic E-state index is 0.0739. The SMILES string of the molecule is Fc1ccccc1CSC(F)(F)F. The molecule has 0 saturated heterocycles. The molecule has 5 heteroatoms. The number of halogens is 4. The molecular formula is C8H6F4S. The van der Waals surface area contributed by atoms with E-state index in [2.05, 4.69) is 0 Å². The van der Waals surface area contributed by atoms with Crippen molar-refractivity contribution in [2.24, 2.45) is 0 Å². The van der Waals surface area contributed by atoms with E-state index in [0.29, 0.717) is 0 Å². The summed E-state index contributed by atoms with van der Waals surface area (Å²) in [4.78, 5) is 0. The number of hydrogen-bond acceptors (Lipinski definition) is 1. The summed E-state index contributed by atoms with van der Waals surface area (Å²) in [5, 5.41) is 0. The Kier molecular flexibility index (Phi) is 3.19. The smallest absolute Gasteiger partial charge is 0.207 e. The topological polar surface area (TPSA) is 0 Å². The molecule has 72 valence electrons. The number of rotatable bonds is 2. The Balaban J connectivity index is 2.60. The van der Waals surface area contributed by atoms with Crippen molar-refractivity contribution < 1.29 is 17.6 Å². The van der Waals surface area contributed by atoms with E-state index >= 15 is 0 Å². The molecule has 0 unspecified atom stereocenters. The van der Waals surface area contributed by atoms with Gasteiger partial charge in [-0.25, -0.2) is 4.39 Å². The molecule has 0 heterocycles. The highest BCUT2D eigenvalue weighted by molar-refractivity contribution is 7.99. The van der Waals surface area contributed by atoms with E-state index in [9.17, 15) is 17.6 Å². The summed E-state index contributed by atoms with van der Waals surface area (Å²) in [6.07, 6.45) is 0. The van der Waals surface area contributed by atoms with Crippen molar-refractivity contribution in [1.82, 2.24) is 0 Å². The third-order valence-electron chi connectivity index (χ3n) is 1.35. The molecule has 0 amide bonds. The van der Waals surface area contributed by atoms with Gasteiger partial charge in [0.1, 0.15) is 5.82 Å². The number of thioether (sulfide) groups is 1. The molecule has 0 fully saturated rings. The van der Waals surface area contributed by atoms with Crippen LogP contribution in [0.1, 0.15) is 5.56 Å². The Morgan fingerprint density at radius 3 is 2.31 bits per heavy atom. The Hall–Kier alpha value is -0.710. The van der Waals surface area contributed by atoms with Crippen LogP contribution in [0.4, 0.5) is 17.6 Å². The molecule has 0 aliphatic rings. The number of benzene rings is 1. The summed E-state index contributed by atoms with van der Waals surface area (Å²) in [5.74, 6) is -0.977. The molecule has 13 heavy (non-hydrogen) atoms. The summed E-state index contributed by atoms with van der Waals surface area (Å²) < 4.78 is 47.9. The maximum Gasteiger partial charge on any atom is 0.442 e. The summed E-state index contributed by atoms with van der Waals surface area (Å²) >= 11 is -0.239. The number of hydrogen-bond donors (Lipinski definition) is 0. The lowest BCUT2D eigenvalue weighted by atomic mass is 10.2. The zero-order chi connectivity index (χ0) is 9.90. The molecule has 1 aromatic carbocycles. The Labute approximate surface area is 76.9 Å². The van der Waals surface area contributed by atoms with Crippen LogP contribution in [0.3, 0.4) is 0 Å². The molecule has 0 spiro atoms. The van der Waals surface area contributed by atoms with Crippen molar-refractivity contribution in [3.63, 3.8) is 0 Å². The lowest BCUT2D eigenvalue weighted by Gasteiger charge is -2.05. The molecule has 1 aromatic rings. The van der Waals surface area contributed by atoms with Crippen LogP contribution in [-0.4, -0.2) is 5.51 Å². The van der Waals surface area contributed by atoms with Gasteiger partial charge in [0.25, 0.3) is 0 Å². The van der Waals surface area contributed by atoms with Crippen molar-refractivity contribution in [3.05, 3.63) is 35.6 Å². The Morgan fingerprint density at radius 2 is 1.77 bits per heavy atom. The fourth-order valence-electron chi connectivity index (χ4n) is 0.775. The Bertz CT molecular complexity index is 282. The average molecular weight is 210 g/mol. The molecule has 0 aromatic heterocycles. The van der Waals surface area contributed by atoms with E-state index in [-0.39, 0.29) is 23.1 Å². The van der Waals surface area contributed by atoms with Gasteiger partial charge in [-0.15, -0.1) is 0 Å². The first kappa shape index (κ1) is 10.4. The van der Waals surface area contributed by atoms with Crippen molar-refractivity contribution in [1.29, 1.82) is 0 Å². The fourth-order valence-corrected chi connectivity index (χ4v) is 1.33. The molecule has 0 N–H and O–H groups in total. The third-order valence-corrected chi connectivity index (χ3v) is 2.13. The average Bonchev–Trinajstić information content (AvgIpc) is 2.01. The minimum atomic E-state index is -4.30. The van der Waals surface area contributed by atoms with E-state index in [1.807, 2.05) is 0 Å². The van der Waals surface area contributed by atoms with Gasteiger partial charge in [0.2, 0.25) is 0 Å². The van der Waals surface area contributed by atoms with Gasteiger partial charge in [-0.3, -0.25) is 0 Å². The van der Waals surface area contributed by atoms with E-state index in [1.165, 1.54) is 18.2 Å². The lowest BCUT2D eigenvalue weighted by molar-refractivity contribution is -0.0329. The van der Waals surface area contributed by atoms with Crippen LogP contribution in [0, 0.1) is 5.82 Å². The highest BCUT2D eigenvalue weighted by atomic mass is 32.2. The predicted octanol–water partition coefficient (Wildman–Crippen LogP) is 3.58. The van der Waals surface area contributed by atoms with E-state index in [4.69, 9.17) is 0 Å². The standard InChI is InChI=1S/C8H6F4S/c9-7-4-2-1-3-6(7)5-13-8(10,11)12/h1-4H,5H2. The van der Waals surface area contributed by atoms with E-state index in [1.54, 1.807) is 0 Å². The molecule has 0 aliphatic carbocycles. The van der Waals surface area contributed by atoms with Gasteiger partial charge < -0.3 is 0 Å². The van der Waals surface area contributed by atoms with E-state index < -0.39 is 11.3 Å². The predicted molar refractivity (Wildman–Crippen MR) is 43.8 cm³/mol. The quantitative estimate of drug-likeness (QED) is 0.672. The van der Waals surface area contributed by atoms with Gasteiger partial charge in [0.15, 0.2) is 0 Å². The van der Waals surface area contributed by atoms with Crippen LogP contribution >= 0.6 is 11.8 Å². The minimum Gasteiger partial charge on any atom is -0.207 e. The Morgan fingerprint density at radius 1 is 1.15 bits per heavy atom. The maximum absolute atomic E-state index is 12.8. The van der Waals surface area contributed by atoms with Crippen LogP contribution in [-0.2, 0) is 5.75 Å². The first-order chi connectivity index (χ1) is 5.99. The molecule has 1 rings (SSSR count). The van der Waals surface area contributed by atoms with Crippen LogP contribution in [0.2, 0.25) is 0 Å². The highest BCUT2D eigenvalue weighted by Crippen LogP contribution is 2.33. The van der Waals surface area contributed by atoms with Crippen molar-refractivity contribution in [2.75, 3.05) is 0 Å². The van der Waals surface area contributed by atoms with Crippen molar-refractivity contribution >= 4 is 11.8 Å². The number of alkyl halides is 3. The van der Waals surface area contributed by atoms with Gasteiger partial charge in [0.05, 0.1) is 0 Å². The summed E-state index contributed by atoms with van der Waals surface area (Å²) in [6.45, 7) is 0. The van der Waals surface area contributed by atoms with Gasteiger partial charge >= 0.3 is 5.51 Å². The molecule has 0 radical (unpaired) electrons. The van der Waals surface area contributed by atoms with Crippen LogP contribution in [0.25, 0.3) is 0 Å². The van der Waals surface area contributed by atoms with Gasteiger partial charge in [-0.2, -0.15) is 13.2 Å². The molecule has 0 atom stereocenters. The highest BCUT2D eigenvalue weighted by Gasteiger charge is 2.28. The summed E-state index contributed by atoms with van der Waals surface area (Å²) in [6, 6.07) is 5.44. The molecular weight excluding hydrogens is 204 g/mol. The molecule has 0 aliphatic heterocycles. The van der Waals surface area contributed by atoms with Gasteiger partial charge in [0, 0.05) is 5.75 Å². The van der Waals surface area contributed by atoms with Crippen molar-refractivity contribution in [2.45, 2.75) is 11.3 Å². The molecule has 0 saturated carbocycles. The monoisotopic (exact) mass is 210 g/mol. The molecule has 0 bridgehead atoms. The third kappa shape index (κ3) is 3.67. The van der Waals surface area contributed by atoms with Crippen LogP contribution in [0.15, 0.2) is 24.3 Å². The largest absolute Gasteiger partial charge is 0.442 e. The first-order valence-electron chi connectivity index (χ1n) is 3.43. The second-order valence-electron chi connectivity index (χ2n) is 2.33. The van der Waals surface area contributed by atoms with Crippen LogP contribution in [0.5, 0.6) is 0 Å². The maximum atomic E-state index is 12.8. The lowest BCUT2D eigenvalue weighted by Crippen LogP contribution is -2.01. The summed E-state index contributed by atoms with van der Waals surface area (Å²) in [5.41, 5.74) is -4.23. The van der Waals surface area contributed by atoms with Crippen molar-refractivity contribution in [3.8, 4) is 0 Å². The van der Waals surface area contributed by atoms with Crippen LogP contribution < -0.4 is 0 Å². The van der Waals surface area contributed by atoms with Gasteiger partial charge in [-0.1, -0.05) is 18.2 Å². The summed E-state index contributed by atoms with van der Waals surface area (Å²) in [7, 11) is 0. The van der Waals surface area contributed by atoms with Gasteiger partial charge in [-0.05, 0) is 23.4 Å². The second kappa shape index (κ2) is 4.00. The molecule has 0 nitrogen and oxygen atoms in total. The van der Waals surface area contributed by atoms with E-state index in [0.717, 1.165) is 6.07 Å².